The SMILES string of the molecule is CCOc1ccc(OCC)c(NC(=O)C2CCN(c3cnccn3)CC2)c1. The zero-order valence-corrected chi connectivity index (χ0v) is 15.9. The van der Waals surface area contributed by atoms with E-state index in [-0.39, 0.29) is 11.8 Å². The van der Waals surface area contributed by atoms with E-state index in [2.05, 4.69) is 20.2 Å². The maximum atomic E-state index is 12.8. The van der Waals surface area contributed by atoms with Gasteiger partial charge in [0.05, 0.1) is 25.1 Å². The number of benzene rings is 1. The van der Waals surface area contributed by atoms with E-state index in [1.54, 1.807) is 18.6 Å². The van der Waals surface area contributed by atoms with Crippen LogP contribution in [0.25, 0.3) is 0 Å². The van der Waals surface area contributed by atoms with Gasteiger partial charge < -0.3 is 19.7 Å². The third-order valence-corrected chi connectivity index (χ3v) is 4.56. The normalized spacial score (nSPS) is 14.7. The largest absolute Gasteiger partial charge is 0.494 e. The molecule has 1 fully saturated rings. The number of anilines is 2. The van der Waals surface area contributed by atoms with Gasteiger partial charge in [-0.25, -0.2) is 4.98 Å². The molecule has 1 amide bonds. The zero-order chi connectivity index (χ0) is 19.1. The fourth-order valence-electron chi connectivity index (χ4n) is 3.20. The van der Waals surface area contributed by atoms with Crippen LogP contribution in [0.3, 0.4) is 0 Å². The van der Waals surface area contributed by atoms with Crippen molar-refractivity contribution in [1.29, 1.82) is 0 Å². The van der Waals surface area contributed by atoms with E-state index in [0.717, 1.165) is 31.7 Å². The fraction of sp³-hybridized carbons (Fsp3) is 0.450. The zero-order valence-electron chi connectivity index (χ0n) is 15.9. The van der Waals surface area contributed by atoms with Crippen LogP contribution in [0.5, 0.6) is 11.5 Å². The van der Waals surface area contributed by atoms with Gasteiger partial charge in [-0.05, 0) is 38.8 Å². The number of nitrogens with one attached hydrogen (secondary N) is 1. The average Bonchev–Trinajstić information content (AvgIpc) is 2.71. The molecular formula is C20H26N4O3. The molecule has 1 aliphatic heterocycles. The van der Waals surface area contributed by atoms with Gasteiger partial charge in [0, 0.05) is 37.5 Å². The number of carbonyl (C=O) groups is 1. The first-order valence-corrected chi connectivity index (χ1v) is 9.42. The minimum absolute atomic E-state index is 0.0170. The molecule has 1 aromatic heterocycles. The minimum atomic E-state index is -0.0388. The molecule has 0 saturated carbocycles. The molecule has 1 aliphatic rings. The Morgan fingerprint density at radius 3 is 2.63 bits per heavy atom. The predicted molar refractivity (Wildman–Crippen MR) is 104 cm³/mol. The summed E-state index contributed by atoms with van der Waals surface area (Å²) in [6.07, 6.45) is 6.66. The van der Waals surface area contributed by atoms with Crippen LogP contribution in [-0.4, -0.2) is 42.2 Å². The highest BCUT2D eigenvalue weighted by molar-refractivity contribution is 5.94. The molecule has 0 bridgehead atoms. The lowest BCUT2D eigenvalue weighted by molar-refractivity contribution is -0.120. The first-order chi connectivity index (χ1) is 13.2. The number of hydrogen-bond acceptors (Lipinski definition) is 6. The average molecular weight is 370 g/mol. The van der Waals surface area contributed by atoms with Gasteiger partial charge in [-0.2, -0.15) is 0 Å². The highest BCUT2D eigenvalue weighted by Crippen LogP contribution is 2.31. The van der Waals surface area contributed by atoms with Crippen LogP contribution in [0.4, 0.5) is 11.5 Å². The topological polar surface area (TPSA) is 76.6 Å². The lowest BCUT2D eigenvalue weighted by Crippen LogP contribution is -2.38. The van der Waals surface area contributed by atoms with E-state index in [0.29, 0.717) is 30.4 Å². The molecule has 27 heavy (non-hydrogen) atoms. The van der Waals surface area contributed by atoms with Crippen LogP contribution in [-0.2, 0) is 4.79 Å². The number of amides is 1. The number of aromatic nitrogens is 2. The minimum Gasteiger partial charge on any atom is -0.494 e. The first kappa shape index (κ1) is 18.9. The molecule has 144 valence electrons. The van der Waals surface area contributed by atoms with Crippen molar-refractivity contribution in [2.24, 2.45) is 5.92 Å². The molecule has 0 unspecified atom stereocenters. The van der Waals surface area contributed by atoms with Crippen LogP contribution in [0.1, 0.15) is 26.7 Å². The summed E-state index contributed by atoms with van der Waals surface area (Å²) >= 11 is 0. The lowest BCUT2D eigenvalue weighted by Gasteiger charge is -2.31. The van der Waals surface area contributed by atoms with Gasteiger partial charge in [-0.1, -0.05) is 0 Å². The van der Waals surface area contributed by atoms with Gasteiger partial charge in [0.2, 0.25) is 5.91 Å². The molecule has 2 heterocycles. The Hall–Kier alpha value is -2.83. The molecule has 0 radical (unpaired) electrons. The third kappa shape index (κ3) is 4.87. The number of hydrogen-bond donors (Lipinski definition) is 1. The molecule has 2 aromatic rings. The van der Waals surface area contributed by atoms with Crippen LogP contribution in [0.15, 0.2) is 36.8 Å². The first-order valence-electron chi connectivity index (χ1n) is 9.42. The number of nitrogens with zero attached hydrogens (tertiary/aromatic N) is 3. The van der Waals surface area contributed by atoms with Crippen molar-refractivity contribution in [1.82, 2.24) is 9.97 Å². The van der Waals surface area contributed by atoms with E-state index in [1.165, 1.54) is 0 Å². The summed E-state index contributed by atoms with van der Waals surface area (Å²) in [7, 11) is 0. The van der Waals surface area contributed by atoms with Crippen molar-refractivity contribution in [2.75, 3.05) is 36.5 Å². The number of piperidine rings is 1. The van der Waals surface area contributed by atoms with Crippen LogP contribution >= 0.6 is 0 Å². The van der Waals surface area contributed by atoms with Crippen LogP contribution in [0, 0.1) is 5.92 Å². The second-order valence-electron chi connectivity index (χ2n) is 6.34. The second kappa shape index (κ2) is 9.21. The maximum Gasteiger partial charge on any atom is 0.227 e. The second-order valence-corrected chi connectivity index (χ2v) is 6.34. The Morgan fingerprint density at radius 2 is 1.96 bits per heavy atom. The van der Waals surface area contributed by atoms with Gasteiger partial charge in [0.1, 0.15) is 17.3 Å². The van der Waals surface area contributed by atoms with Gasteiger partial charge >= 0.3 is 0 Å². The van der Waals surface area contributed by atoms with Gasteiger partial charge in [0.15, 0.2) is 0 Å². The summed E-state index contributed by atoms with van der Waals surface area (Å²) in [5.74, 6) is 2.21. The monoisotopic (exact) mass is 370 g/mol. The third-order valence-electron chi connectivity index (χ3n) is 4.56. The highest BCUT2D eigenvalue weighted by Gasteiger charge is 2.26. The van der Waals surface area contributed by atoms with Gasteiger partial charge in [-0.3, -0.25) is 9.78 Å². The predicted octanol–water partition coefficient (Wildman–Crippen LogP) is 3.13. The summed E-state index contributed by atoms with van der Waals surface area (Å²) in [5, 5.41) is 3.03. The number of ether oxygens (including phenoxy) is 2. The summed E-state index contributed by atoms with van der Waals surface area (Å²) in [6.45, 7) is 6.53. The Balaban J connectivity index is 1.63. The summed E-state index contributed by atoms with van der Waals surface area (Å²) in [4.78, 5) is 23.4. The molecule has 0 atom stereocenters. The number of carbonyl (C=O) groups excluding carboxylic acids is 1. The van der Waals surface area contributed by atoms with Crippen molar-refractivity contribution in [3.05, 3.63) is 36.8 Å². The van der Waals surface area contributed by atoms with E-state index in [1.807, 2.05) is 32.0 Å². The molecular weight excluding hydrogens is 344 g/mol. The quantitative estimate of drug-likeness (QED) is 0.807. The summed E-state index contributed by atoms with van der Waals surface area (Å²) in [6, 6.07) is 5.51. The Kier molecular flexibility index (Phi) is 6.46. The fourth-order valence-corrected chi connectivity index (χ4v) is 3.20. The van der Waals surface area contributed by atoms with Crippen LogP contribution < -0.4 is 19.7 Å². The number of rotatable bonds is 7. The van der Waals surface area contributed by atoms with Crippen molar-refractivity contribution >= 4 is 17.4 Å². The molecule has 1 N–H and O–H groups in total. The van der Waals surface area contributed by atoms with Crippen LogP contribution in [0.2, 0.25) is 0 Å². The lowest BCUT2D eigenvalue weighted by atomic mass is 9.96. The van der Waals surface area contributed by atoms with E-state index >= 15 is 0 Å². The van der Waals surface area contributed by atoms with Gasteiger partial charge in [-0.15, -0.1) is 0 Å². The smallest absolute Gasteiger partial charge is 0.227 e. The van der Waals surface area contributed by atoms with E-state index in [9.17, 15) is 4.79 Å². The maximum absolute atomic E-state index is 12.8. The van der Waals surface area contributed by atoms with E-state index in [4.69, 9.17) is 9.47 Å². The Bertz CT molecular complexity index is 746. The summed E-state index contributed by atoms with van der Waals surface area (Å²) < 4.78 is 11.2. The molecule has 1 saturated heterocycles. The van der Waals surface area contributed by atoms with E-state index < -0.39 is 0 Å². The standard InChI is InChI=1S/C20H26N4O3/c1-3-26-16-5-6-18(27-4-2)17(13-16)23-20(25)15-7-11-24(12-8-15)19-14-21-9-10-22-19/h5-6,9-10,13-15H,3-4,7-8,11-12H2,1-2H3,(H,23,25). The molecule has 3 rings (SSSR count). The van der Waals surface area contributed by atoms with Gasteiger partial charge in [0.25, 0.3) is 0 Å². The van der Waals surface area contributed by atoms with Crippen molar-refractivity contribution in [2.45, 2.75) is 26.7 Å². The molecule has 0 aliphatic carbocycles. The highest BCUT2D eigenvalue weighted by atomic mass is 16.5. The molecule has 1 aromatic carbocycles. The van der Waals surface area contributed by atoms with Crippen molar-refractivity contribution in [3.63, 3.8) is 0 Å². The Morgan fingerprint density at radius 1 is 1.19 bits per heavy atom. The summed E-state index contributed by atoms with van der Waals surface area (Å²) in [5.41, 5.74) is 0.657. The van der Waals surface area contributed by atoms with Crippen molar-refractivity contribution < 1.29 is 14.3 Å². The molecule has 0 spiro atoms. The molecule has 7 heteroatoms. The molecule has 7 nitrogen and oxygen atoms in total. The Labute approximate surface area is 159 Å². The van der Waals surface area contributed by atoms with Crippen molar-refractivity contribution in [3.8, 4) is 11.5 Å².